The van der Waals surface area contributed by atoms with Gasteiger partial charge in [0.05, 0.1) is 7.11 Å². The maximum absolute atomic E-state index is 12.8. The third-order valence-electron chi connectivity index (χ3n) is 5.17. The lowest BCUT2D eigenvalue weighted by atomic mass is 9.52. The first-order chi connectivity index (χ1) is 10.7. The molecule has 1 aliphatic heterocycles. The van der Waals surface area contributed by atoms with E-state index < -0.39 is 4.75 Å². The molecule has 0 aromatic heterocycles. The SMILES string of the molecule is COC(=O)[C@]12Sc3ccccc3[C@H]1[C@H](C)[C@H]2c1ccccc1. The average molecular weight is 310 g/mol. The van der Waals surface area contributed by atoms with E-state index >= 15 is 0 Å². The summed E-state index contributed by atoms with van der Waals surface area (Å²) in [6.45, 7) is 2.26. The molecule has 4 atom stereocenters. The number of ether oxygens (including phenoxy) is 1. The van der Waals surface area contributed by atoms with Crippen LogP contribution in [0.15, 0.2) is 59.5 Å². The monoisotopic (exact) mass is 310 g/mol. The number of carbonyl (C=O) groups excluding carboxylic acids is 1. The minimum atomic E-state index is -0.501. The van der Waals surface area contributed by atoms with Crippen LogP contribution in [0.1, 0.15) is 29.9 Å². The Balaban J connectivity index is 1.85. The predicted octanol–water partition coefficient (Wildman–Crippen LogP) is 4.22. The Hall–Kier alpha value is -1.74. The number of rotatable bonds is 2. The zero-order valence-corrected chi connectivity index (χ0v) is 13.5. The molecule has 0 unspecified atom stereocenters. The minimum absolute atomic E-state index is 0.0920. The van der Waals surface area contributed by atoms with Crippen molar-refractivity contribution < 1.29 is 9.53 Å². The van der Waals surface area contributed by atoms with Gasteiger partial charge < -0.3 is 4.74 Å². The topological polar surface area (TPSA) is 26.3 Å². The van der Waals surface area contributed by atoms with Crippen LogP contribution in [0.5, 0.6) is 0 Å². The summed E-state index contributed by atoms with van der Waals surface area (Å²) < 4.78 is 4.73. The van der Waals surface area contributed by atoms with Crippen molar-refractivity contribution in [2.45, 2.75) is 28.4 Å². The van der Waals surface area contributed by atoms with Gasteiger partial charge in [0.15, 0.2) is 0 Å². The molecule has 22 heavy (non-hydrogen) atoms. The zero-order valence-electron chi connectivity index (χ0n) is 12.7. The molecule has 0 spiro atoms. The van der Waals surface area contributed by atoms with E-state index in [1.807, 2.05) is 24.3 Å². The molecule has 1 heterocycles. The Kier molecular flexibility index (Phi) is 3.08. The standard InChI is InChI=1S/C19H18O2S/c1-12-16(13-8-4-3-5-9-13)19(18(20)21-2)17(12)14-10-6-7-11-15(14)22-19/h3-12,16-17H,1-2H3/t12-,16+,17-,19-/m1/s1. The van der Waals surface area contributed by atoms with Crippen LogP contribution < -0.4 is 0 Å². The van der Waals surface area contributed by atoms with Crippen LogP contribution in [0, 0.1) is 5.92 Å². The van der Waals surface area contributed by atoms with Crippen molar-refractivity contribution in [3.05, 3.63) is 65.7 Å². The summed E-state index contributed by atoms with van der Waals surface area (Å²) >= 11 is 1.70. The van der Waals surface area contributed by atoms with Crippen LogP contribution in [-0.4, -0.2) is 17.8 Å². The molecule has 2 aromatic carbocycles. The lowest BCUT2D eigenvalue weighted by Crippen LogP contribution is -2.59. The van der Waals surface area contributed by atoms with E-state index in [0.29, 0.717) is 5.92 Å². The summed E-state index contributed by atoms with van der Waals surface area (Å²) in [5.41, 5.74) is 2.54. The Labute approximate surface area is 134 Å². The van der Waals surface area contributed by atoms with Crippen LogP contribution >= 0.6 is 11.8 Å². The van der Waals surface area contributed by atoms with Crippen molar-refractivity contribution in [3.8, 4) is 0 Å². The van der Waals surface area contributed by atoms with Gasteiger partial charge in [-0.3, -0.25) is 4.79 Å². The van der Waals surface area contributed by atoms with E-state index in [1.165, 1.54) is 23.1 Å². The summed E-state index contributed by atoms with van der Waals surface area (Å²) in [5.74, 6) is 0.776. The van der Waals surface area contributed by atoms with Crippen molar-refractivity contribution in [1.29, 1.82) is 0 Å². The van der Waals surface area contributed by atoms with Gasteiger partial charge in [-0.25, -0.2) is 0 Å². The fourth-order valence-corrected chi connectivity index (χ4v) is 6.30. The Bertz CT molecular complexity index is 727. The maximum Gasteiger partial charge on any atom is 0.323 e. The molecule has 1 aliphatic carbocycles. The van der Waals surface area contributed by atoms with E-state index in [2.05, 4.69) is 37.3 Å². The van der Waals surface area contributed by atoms with Gasteiger partial charge in [0.2, 0.25) is 0 Å². The van der Waals surface area contributed by atoms with Crippen LogP contribution in [0.2, 0.25) is 0 Å². The number of hydrogen-bond donors (Lipinski definition) is 0. The summed E-state index contributed by atoms with van der Waals surface area (Å²) in [6, 6.07) is 18.8. The van der Waals surface area contributed by atoms with Crippen molar-refractivity contribution >= 4 is 17.7 Å². The number of hydrogen-bond acceptors (Lipinski definition) is 3. The normalized spacial score (nSPS) is 31.8. The highest BCUT2D eigenvalue weighted by Crippen LogP contribution is 2.72. The third-order valence-corrected chi connectivity index (χ3v) is 6.78. The quantitative estimate of drug-likeness (QED) is 0.777. The molecule has 4 rings (SSSR count). The first-order valence-corrected chi connectivity index (χ1v) is 8.43. The minimum Gasteiger partial charge on any atom is -0.468 e. The molecule has 112 valence electrons. The molecule has 3 heteroatoms. The molecule has 0 bridgehead atoms. The van der Waals surface area contributed by atoms with E-state index in [4.69, 9.17) is 4.74 Å². The summed E-state index contributed by atoms with van der Waals surface area (Å²) in [6.07, 6.45) is 0. The largest absolute Gasteiger partial charge is 0.468 e. The average Bonchev–Trinajstić information content (AvgIpc) is 2.85. The molecule has 0 saturated heterocycles. The van der Waals surface area contributed by atoms with Gasteiger partial charge >= 0.3 is 5.97 Å². The Morgan fingerprint density at radius 2 is 1.73 bits per heavy atom. The summed E-state index contributed by atoms with van der Waals surface area (Å²) in [4.78, 5) is 14.0. The highest BCUT2D eigenvalue weighted by Gasteiger charge is 2.70. The molecular weight excluding hydrogens is 292 g/mol. The van der Waals surface area contributed by atoms with E-state index in [0.717, 1.165) is 0 Å². The number of esters is 1. The number of benzene rings is 2. The highest BCUT2D eigenvalue weighted by molar-refractivity contribution is 8.02. The molecule has 2 nitrogen and oxygen atoms in total. The molecule has 0 amide bonds. The number of fused-ring (bicyclic) bond motifs is 3. The van der Waals surface area contributed by atoms with Crippen molar-refractivity contribution in [3.63, 3.8) is 0 Å². The van der Waals surface area contributed by atoms with Crippen LogP contribution in [0.3, 0.4) is 0 Å². The van der Waals surface area contributed by atoms with Gasteiger partial charge in [-0.05, 0) is 23.1 Å². The van der Waals surface area contributed by atoms with Crippen molar-refractivity contribution in [2.24, 2.45) is 5.92 Å². The highest BCUT2D eigenvalue weighted by atomic mass is 32.2. The molecule has 2 aromatic rings. The molecule has 0 N–H and O–H groups in total. The fourth-order valence-electron chi connectivity index (χ4n) is 4.37. The van der Waals surface area contributed by atoms with E-state index in [-0.39, 0.29) is 17.8 Å². The predicted molar refractivity (Wildman–Crippen MR) is 88.1 cm³/mol. The number of thioether (sulfide) groups is 1. The molecule has 2 aliphatic rings. The van der Waals surface area contributed by atoms with Crippen molar-refractivity contribution in [1.82, 2.24) is 0 Å². The second kappa shape index (κ2) is 4.88. The number of carbonyl (C=O) groups is 1. The van der Waals surface area contributed by atoms with Gasteiger partial charge in [-0.15, -0.1) is 11.8 Å². The van der Waals surface area contributed by atoms with Gasteiger partial charge in [-0.1, -0.05) is 55.5 Å². The van der Waals surface area contributed by atoms with E-state index in [9.17, 15) is 4.79 Å². The Morgan fingerprint density at radius 1 is 1.05 bits per heavy atom. The first kappa shape index (κ1) is 13.9. The smallest absolute Gasteiger partial charge is 0.323 e. The maximum atomic E-state index is 12.8. The molecule has 1 fully saturated rings. The van der Waals surface area contributed by atoms with E-state index in [1.54, 1.807) is 11.8 Å². The van der Waals surface area contributed by atoms with Gasteiger partial charge in [0.1, 0.15) is 4.75 Å². The Morgan fingerprint density at radius 3 is 2.45 bits per heavy atom. The zero-order chi connectivity index (χ0) is 15.3. The lowest BCUT2D eigenvalue weighted by molar-refractivity contribution is -0.149. The molecule has 1 saturated carbocycles. The summed E-state index contributed by atoms with van der Waals surface area (Å²) in [5, 5.41) is 0. The van der Waals surface area contributed by atoms with Crippen LogP contribution in [0.4, 0.5) is 0 Å². The first-order valence-electron chi connectivity index (χ1n) is 7.61. The second-order valence-electron chi connectivity index (χ2n) is 6.15. The fraction of sp³-hybridized carbons (Fsp3) is 0.316. The second-order valence-corrected chi connectivity index (χ2v) is 7.47. The van der Waals surface area contributed by atoms with Gasteiger partial charge in [-0.2, -0.15) is 0 Å². The number of methoxy groups -OCH3 is 1. The van der Waals surface area contributed by atoms with Crippen molar-refractivity contribution in [2.75, 3.05) is 7.11 Å². The molecular formula is C19H18O2S. The van der Waals surface area contributed by atoms with Crippen LogP contribution in [0.25, 0.3) is 0 Å². The van der Waals surface area contributed by atoms with Crippen LogP contribution in [-0.2, 0) is 9.53 Å². The summed E-state index contributed by atoms with van der Waals surface area (Å²) in [7, 11) is 1.50. The van der Waals surface area contributed by atoms with Gasteiger partial charge in [0.25, 0.3) is 0 Å². The molecule has 0 radical (unpaired) electrons. The third kappa shape index (κ3) is 1.60. The lowest BCUT2D eigenvalue weighted by Gasteiger charge is -2.55. The van der Waals surface area contributed by atoms with Gasteiger partial charge in [0, 0.05) is 16.7 Å².